The van der Waals surface area contributed by atoms with Gasteiger partial charge in [-0.25, -0.2) is 0 Å². The summed E-state index contributed by atoms with van der Waals surface area (Å²) in [4.78, 5) is 16.5. The molecule has 1 aliphatic heterocycles. The fraction of sp³-hybridized carbons (Fsp3) is 0.500. The zero-order valence-electron chi connectivity index (χ0n) is 27.0. The number of rotatable bonds is 11. The number of carbonyl (C=O) groups is 1. The molecule has 238 valence electrons. The SMILES string of the molecule is CCCC1C(C(Oc2ccc(C(F)(F)F)cc2)(c2ccccc2)C(C)C)CCCN1C(=O)C(C)c1cccc(CC(C)C)c1. The number of carbonyl (C=O) groups excluding carboxylic acids is 1. The number of halogens is 3. The normalized spacial score (nSPS) is 19.6. The van der Waals surface area contributed by atoms with E-state index in [0.717, 1.165) is 55.4 Å². The summed E-state index contributed by atoms with van der Waals surface area (Å²) >= 11 is 0. The molecule has 3 aromatic rings. The van der Waals surface area contributed by atoms with Crippen LogP contribution in [-0.2, 0) is 23.0 Å². The first-order valence-electron chi connectivity index (χ1n) is 16.2. The van der Waals surface area contributed by atoms with Crippen molar-refractivity contribution in [1.29, 1.82) is 0 Å². The first kappa shape index (κ1) is 33.6. The molecule has 6 heteroatoms. The summed E-state index contributed by atoms with van der Waals surface area (Å²) < 4.78 is 47.1. The zero-order valence-corrected chi connectivity index (χ0v) is 27.0. The smallest absolute Gasteiger partial charge is 0.416 e. The maximum Gasteiger partial charge on any atom is 0.416 e. The lowest BCUT2D eigenvalue weighted by molar-refractivity contribution is -0.146. The Bertz CT molecular complexity index is 1350. The van der Waals surface area contributed by atoms with E-state index in [-0.39, 0.29) is 29.7 Å². The van der Waals surface area contributed by atoms with E-state index in [9.17, 15) is 18.0 Å². The first-order valence-corrected chi connectivity index (χ1v) is 16.2. The molecule has 1 saturated heterocycles. The van der Waals surface area contributed by atoms with Gasteiger partial charge in [0.2, 0.25) is 5.91 Å². The van der Waals surface area contributed by atoms with Gasteiger partial charge in [0.15, 0.2) is 0 Å². The summed E-state index contributed by atoms with van der Waals surface area (Å²) in [7, 11) is 0. The lowest BCUT2D eigenvalue weighted by Gasteiger charge is -2.53. The number of likely N-dealkylation sites (tertiary alicyclic amines) is 1. The van der Waals surface area contributed by atoms with E-state index < -0.39 is 17.3 Å². The van der Waals surface area contributed by atoms with Crippen LogP contribution >= 0.6 is 0 Å². The molecule has 0 N–H and O–H groups in total. The summed E-state index contributed by atoms with van der Waals surface area (Å²) in [5, 5.41) is 0. The molecular formula is C38H48F3NO2. The van der Waals surface area contributed by atoms with Crippen molar-refractivity contribution in [1.82, 2.24) is 4.90 Å². The van der Waals surface area contributed by atoms with Gasteiger partial charge in [-0.2, -0.15) is 13.2 Å². The average molecular weight is 608 g/mol. The topological polar surface area (TPSA) is 29.5 Å². The standard InChI is InChI=1S/C38H48F3NO2/c1-7-13-35-34(18-12-23-42(35)36(43)28(6)30-15-11-14-29(25-30)24-26(2)3)37(27(4)5,31-16-9-8-10-17-31)44-33-21-19-32(20-22-33)38(39,40)41/h8-11,14-17,19-22,25-28,34-35H,7,12-13,18,23-24H2,1-6H3. The molecule has 1 aliphatic rings. The van der Waals surface area contributed by atoms with Gasteiger partial charge in [-0.05, 0) is 85.4 Å². The van der Waals surface area contributed by atoms with Crippen LogP contribution in [0.1, 0.15) is 95.4 Å². The summed E-state index contributed by atoms with van der Waals surface area (Å²) in [6.07, 6.45) is -0.0712. The highest BCUT2D eigenvalue weighted by Crippen LogP contribution is 2.49. The molecule has 1 heterocycles. The largest absolute Gasteiger partial charge is 0.482 e. The van der Waals surface area contributed by atoms with Gasteiger partial charge in [0.1, 0.15) is 11.4 Å². The molecule has 0 bridgehead atoms. The molecule has 3 aromatic carbocycles. The number of ether oxygens (including phenoxy) is 1. The van der Waals surface area contributed by atoms with E-state index in [1.165, 1.54) is 17.7 Å². The van der Waals surface area contributed by atoms with E-state index in [4.69, 9.17) is 4.74 Å². The van der Waals surface area contributed by atoms with Crippen molar-refractivity contribution in [3.8, 4) is 5.75 Å². The van der Waals surface area contributed by atoms with Gasteiger partial charge in [-0.15, -0.1) is 0 Å². The van der Waals surface area contributed by atoms with Crippen LogP contribution in [0.3, 0.4) is 0 Å². The highest BCUT2D eigenvalue weighted by atomic mass is 19.4. The number of amides is 1. The Balaban J connectivity index is 1.75. The van der Waals surface area contributed by atoms with Gasteiger partial charge in [-0.3, -0.25) is 4.79 Å². The fourth-order valence-electron chi connectivity index (χ4n) is 7.17. The third-order valence-corrected chi connectivity index (χ3v) is 9.21. The number of benzene rings is 3. The summed E-state index contributed by atoms with van der Waals surface area (Å²) in [6.45, 7) is 13.5. The van der Waals surface area contributed by atoms with Crippen LogP contribution in [0.25, 0.3) is 0 Å². The van der Waals surface area contributed by atoms with Crippen LogP contribution < -0.4 is 4.74 Å². The molecule has 0 aromatic heterocycles. The highest BCUT2D eigenvalue weighted by Gasteiger charge is 2.52. The molecule has 4 unspecified atom stereocenters. The average Bonchev–Trinajstić information content (AvgIpc) is 2.99. The van der Waals surface area contributed by atoms with Gasteiger partial charge in [0.05, 0.1) is 11.5 Å². The van der Waals surface area contributed by atoms with Gasteiger partial charge in [0.25, 0.3) is 0 Å². The van der Waals surface area contributed by atoms with Crippen LogP contribution in [0.4, 0.5) is 13.2 Å². The van der Waals surface area contributed by atoms with E-state index in [2.05, 4.69) is 75.9 Å². The van der Waals surface area contributed by atoms with E-state index >= 15 is 0 Å². The summed E-state index contributed by atoms with van der Waals surface area (Å²) in [6, 6.07) is 23.4. The van der Waals surface area contributed by atoms with Crippen molar-refractivity contribution in [2.75, 3.05) is 6.54 Å². The van der Waals surface area contributed by atoms with Crippen molar-refractivity contribution in [2.24, 2.45) is 17.8 Å². The summed E-state index contributed by atoms with van der Waals surface area (Å²) in [5.74, 6) is 0.654. The number of hydrogen-bond acceptors (Lipinski definition) is 2. The Kier molecular flexibility index (Phi) is 10.9. The van der Waals surface area contributed by atoms with Crippen LogP contribution in [0.2, 0.25) is 0 Å². The second-order valence-electron chi connectivity index (χ2n) is 13.1. The van der Waals surface area contributed by atoms with E-state index in [1.807, 2.05) is 25.1 Å². The van der Waals surface area contributed by atoms with Gasteiger partial charge in [-0.1, -0.05) is 95.6 Å². The predicted octanol–water partition coefficient (Wildman–Crippen LogP) is 10.0. The minimum absolute atomic E-state index is 0.0308. The maximum atomic E-state index is 14.4. The molecule has 1 fully saturated rings. The van der Waals surface area contributed by atoms with Gasteiger partial charge < -0.3 is 9.64 Å². The van der Waals surface area contributed by atoms with E-state index in [1.54, 1.807) is 0 Å². The van der Waals surface area contributed by atoms with Crippen molar-refractivity contribution in [3.63, 3.8) is 0 Å². The lowest BCUT2D eigenvalue weighted by atomic mass is 9.66. The molecular weight excluding hydrogens is 559 g/mol. The number of piperidine rings is 1. The third kappa shape index (κ3) is 7.33. The molecule has 1 amide bonds. The first-order chi connectivity index (χ1) is 20.9. The molecule has 0 aliphatic carbocycles. The van der Waals surface area contributed by atoms with Crippen LogP contribution in [0, 0.1) is 17.8 Å². The van der Waals surface area contributed by atoms with Gasteiger partial charge in [0, 0.05) is 18.5 Å². The lowest BCUT2D eigenvalue weighted by Crippen LogP contribution is -2.59. The molecule has 0 radical (unpaired) electrons. The quantitative estimate of drug-likeness (QED) is 0.217. The van der Waals surface area contributed by atoms with Crippen molar-refractivity contribution in [2.45, 2.75) is 97.4 Å². The van der Waals surface area contributed by atoms with Crippen molar-refractivity contribution in [3.05, 3.63) is 101 Å². The summed E-state index contributed by atoms with van der Waals surface area (Å²) in [5.41, 5.74) is 1.69. The molecule has 0 saturated carbocycles. The fourth-order valence-corrected chi connectivity index (χ4v) is 7.17. The van der Waals surface area contributed by atoms with E-state index in [0.29, 0.717) is 18.2 Å². The molecule has 4 atom stereocenters. The Morgan fingerprint density at radius 1 is 0.909 bits per heavy atom. The van der Waals surface area contributed by atoms with Crippen molar-refractivity contribution >= 4 is 5.91 Å². The Morgan fingerprint density at radius 3 is 2.18 bits per heavy atom. The third-order valence-electron chi connectivity index (χ3n) is 9.21. The van der Waals surface area contributed by atoms with Crippen LogP contribution in [-0.4, -0.2) is 23.4 Å². The number of alkyl halides is 3. The number of nitrogens with zero attached hydrogens (tertiary/aromatic N) is 1. The Labute approximate surface area is 261 Å². The monoisotopic (exact) mass is 607 g/mol. The Hall–Kier alpha value is -3.28. The number of hydrogen-bond donors (Lipinski definition) is 0. The molecule has 0 spiro atoms. The van der Waals surface area contributed by atoms with Crippen LogP contribution in [0.5, 0.6) is 5.75 Å². The zero-order chi connectivity index (χ0) is 32.1. The highest BCUT2D eigenvalue weighted by molar-refractivity contribution is 5.84. The Morgan fingerprint density at radius 2 is 1.59 bits per heavy atom. The molecule has 4 rings (SSSR count). The maximum absolute atomic E-state index is 14.4. The molecule has 3 nitrogen and oxygen atoms in total. The second kappa shape index (κ2) is 14.2. The minimum Gasteiger partial charge on any atom is -0.482 e. The molecule has 44 heavy (non-hydrogen) atoms. The van der Waals surface area contributed by atoms with Crippen LogP contribution in [0.15, 0.2) is 78.9 Å². The van der Waals surface area contributed by atoms with Crippen molar-refractivity contribution < 1.29 is 22.7 Å². The minimum atomic E-state index is -4.42. The van der Waals surface area contributed by atoms with Gasteiger partial charge >= 0.3 is 6.18 Å². The second-order valence-corrected chi connectivity index (χ2v) is 13.1. The predicted molar refractivity (Wildman–Crippen MR) is 172 cm³/mol.